The number of nitrogens with zero attached hydrogens (tertiary/aromatic N) is 1. The molecule has 2 nitrogen and oxygen atoms in total. The molecule has 1 aromatic carbocycles. The maximum atomic E-state index is 12.7. The van der Waals surface area contributed by atoms with Crippen LogP contribution < -0.4 is 10.6 Å². The second-order valence-corrected chi connectivity index (χ2v) is 5.18. The Bertz CT molecular complexity index is 470. The molecule has 18 heavy (non-hydrogen) atoms. The third-order valence-corrected chi connectivity index (χ3v) is 3.93. The summed E-state index contributed by atoms with van der Waals surface area (Å²) in [5.74, 6) is 0. The van der Waals surface area contributed by atoms with Crippen LogP contribution in [0.15, 0.2) is 18.2 Å². The minimum atomic E-state index is -4.26. The van der Waals surface area contributed by atoms with Gasteiger partial charge in [0.15, 0.2) is 0 Å². The molecule has 0 amide bonds. The van der Waals surface area contributed by atoms with Crippen LogP contribution in [0.5, 0.6) is 0 Å². The lowest BCUT2D eigenvalue weighted by Gasteiger charge is -2.35. The largest absolute Gasteiger partial charge is 0.416 e. The molecule has 2 aliphatic rings. The number of hydrogen-bond donors (Lipinski definition) is 1. The van der Waals surface area contributed by atoms with Crippen molar-refractivity contribution >= 4 is 5.69 Å². The van der Waals surface area contributed by atoms with Gasteiger partial charge in [-0.2, -0.15) is 13.2 Å². The number of fused-ring (bicyclic) bond motifs is 3. The molecule has 0 bridgehead atoms. The van der Waals surface area contributed by atoms with Crippen molar-refractivity contribution in [1.29, 1.82) is 0 Å². The Kier molecular flexibility index (Phi) is 2.55. The molecule has 0 spiro atoms. The first-order chi connectivity index (χ1) is 8.45. The van der Waals surface area contributed by atoms with Gasteiger partial charge in [-0.25, -0.2) is 0 Å². The van der Waals surface area contributed by atoms with E-state index in [1.807, 2.05) is 0 Å². The fraction of sp³-hybridized carbons (Fsp3) is 0.538. The van der Waals surface area contributed by atoms with Crippen molar-refractivity contribution in [2.45, 2.75) is 37.5 Å². The van der Waals surface area contributed by atoms with Gasteiger partial charge in [0.25, 0.3) is 0 Å². The first-order valence-corrected chi connectivity index (χ1v) is 6.17. The molecule has 1 saturated heterocycles. The van der Waals surface area contributed by atoms with Crippen LogP contribution in [-0.2, 0) is 12.6 Å². The number of halogens is 3. The highest BCUT2D eigenvalue weighted by Crippen LogP contribution is 2.40. The predicted octanol–water partition coefficient (Wildman–Crippen LogP) is 2.56. The summed E-state index contributed by atoms with van der Waals surface area (Å²) in [6.45, 7) is 0.764. The molecule has 2 N–H and O–H groups in total. The first kappa shape index (κ1) is 11.8. The van der Waals surface area contributed by atoms with Crippen molar-refractivity contribution in [1.82, 2.24) is 0 Å². The number of hydrogen-bond acceptors (Lipinski definition) is 2. The molecule has 1 fully saturated rings. The van der Waals surface area contributed by atoms with Gasteiger partial charge in [0.2, 0.25) is 0 Å². The Balaban J connectivity index is 1.95. The molecule has 0 saturated carbocycles. The minimum Gasteiger partial charge on any atom is -0.368 e. The van der Waals surface area contributed by atoms with Gasteiger partial charge in [-0.15, -0.1) is 0 Å². The summed E-state index contributed by atoms with van der Waals surface area (Å²) in [6.07, 6.45) is -1.72. The van der Waals surface area contributed by atoms with Crippen LogP contribution in [0.4, 0.5) is 18.9 Å². The van der Waals surface area contributed by atoms with Gasteiger partial charge < -0.3 is 10.6 Å². The Morgan fingerprint density at radius 3 is 2.78 bits per heavy atom. The highest BCUT2D eigenvalue weighted by molar-refractivity contribution is 5.61. The SMILES string of the molecule is NC1CCN2c3cc(C(F)(F)F)ccc3CC2C1. The molecular weight excluding hydrogens is 241 g/mol. The lowest BCUT2D eigenvalue weighted by atomic mass is 9.97. The van der Waals surface area contributed by atoms with E-state index in [9.17, 15) is 13.2 Å². The molecule has 3 rings (SSSR count). The predicted molar refractivity (Wildman–Crippen MR) is 63.5 cm³/mol. The maximum absolute atomic E-state index is 12.7. The summed E-state index contributed by atoms with van der Waals surface area (Å²) < 4.78 is 38.1. The van der Waals surface area contributed by atoms with Crippen LogP contribution in [0.25, 0.3) is 0 Å². The van der Waals surface area contributed by atoms with Gasteiger partial charge in [-0.3, -0.25) is 0 Å². The van der Waals surface area contributed by atoms with E-state index in [1.165, 1.54) is 12.1 Å². The number of anilines is 1. The Labute approximate surface area is 104 Å². The number of alkyl halides is 3. The monoisotopic (exact) mass is 256 g/mol. The van der Waals surface area contributed by atoms with Gasteiger partial charge in [-0.1, -0.05) is 6.07 Å². The van der Waals surface area contributed by atoms with E-state index in [-0.39, 0.29) is 12.1 Å². The molecule has 1 aromatic rings. The molecule has 2 atom stereocenters. The van der Waals surface area contributed by atoms with Crippen LogP contribution in [0.1, 0.15) is 24.0 Å². The molecule has 98 valence electrons. The van der Waals surface area contributed by atoms with E-state index in [2.05, 4.69) is 4.90 Å². The normalized spacial score (nSPS) is 27.0. The van der Waals surface area contributed by atoms with Crippen LogP contribution >= 0.6 is 0 Å². The second-order valence-electron chi connectivity index (χ2n) is 5.18. The van der Waals surface area contributed by atoms with Crippen LogP contribution in [0.3, 0.4) is 0 Å². The fourth-order valence-corrected chi connectivity index (χ4v) is 3.03. The average Bonchev–Trinajstić information content (AvgIpc) is 2.63. The molecule has 0 aliphatic carbocycles. The van der Waals surface area contributed by atoms with Crippen molar-refractivity contribution in [2.75, 3.05) is 11.4 Å². The van der Waals surface area contributed by atoms with Crippen molar-refractivity contribution < 1.29 is 13.2 Å². The van der Waals surface area contributed by atoms with Crippen molar-refractivity contribution in [3.05, 3.63) is 29.3 Å². The Hall–Kier alpha value is -1.23. The lowest BCUT2D eigenvalue weighted by Crippen LogP contribution is -2.45. The number of piperidine rings is 1. The van der Waals surface area contributed by atoms with Gasteiger partial charge in [-0.05, 0) is 37.0 Å². The summed E-state index contributed by atoms with van der Waals surface area (Å²) in [5, 5.41) is 0. The quantitative estimate of drug-likeness (QED) is 0.773. The zero-order chi connectivity index (χ0) is 12.9. The molecule has 2 unspecified atom stereocenters. The number of rotatable bonds is 0. The van der Waals surface area contributed by atoms with Crippen LogP contribution in [-0.4, -0.2) is 18.6 Å². The zero-order valence-corrected chi connectivity index (χ0v) is 9.87. The van der Waals surface area contributed by atoms with Crippen LogP contribution in [0.2, 0.25) is 0 Å². The van der Waals surface area contributed by atoms with Crippen LogP contribution in [0, 0.1) is 0 Å². The van der Waals surface area contributed by atoms with Crippen molar-refractivity contribution in [3.8, 4) is 0 Å². The smallest absolute Gasteiger partial charge is 0.368 e. The van der Waals surface area contributed by atoms with E-state index in [0.29, 0.717) is 0 Å². The van der Waals surface area contributed by atoms with Crippen molar-refractivity contribution in [3.63, 3.8) is 0 Å². The Morgan fingerprint density at radius 2 is 2.06 bits per heavy atom. The van der Waals surface area contributed by atoms with E-state index in [4.69, 9.17) is 5.73 Å². The Morgan fingerprint density at radius 1 is 1.28 bits per heavy atom. The van der Waals surface area contributed by atoms with Gasteiger partial charge in [0.05, 0.1) is 5.56 Å². The minimum absolute atomic E-state index is 0.183. The molecular formula is C13H15F3N2. The molecule has 0 aromatic heterocycles. The fourth-order valence-electron chi connectivity index (χ4n) is 3.03. The highest BCUT2D eigenvalue weighted by atomic mass is 19.4. The first-order valence-electron chi connectivity index (χ1n) is 6.17. The summed E-state index contributed by atoms with van der Waals surface area (Å²) in [6, 6.07) is 4.54. The average molecular weight is 256 g/mol. The summed E-state index contributed by atoms with van der Waals surface area (Å²) in [7, 11) is 0. The molecule has 5 heteroatoms. The zero-order valence-electron chi connectivity index (χ0n) is 9.87. The standard InChI is InChI=1S/C13H15F3N2/c14-13(15,16)9-2-1-8-5-11-7-10(17)3-4-18(11)12(8)6-9/h1-2,6,10-11H,3-5,7,17H2. The maximum Gasteiger partial charge on any atom is 0.416 e. The van der Waals surface area contributed by atoms with Gasteiger partial charge in [0.1, 0.15) is 0 Å². The third kappa shape index (κ3) is 1.86. The summed E-state index contributed by atoms with van der Waals surface area (Å²) in [4.78, 5) is 2.09. The number of nitrogens with two attached hydrogens (primary N) is 1. The van der Waals surface area contributed by atoms with E-state index >= 15 is 0 Å². The molecule has 2 aliphatic heterocycles. The third-order valence-electron chi connectivity index (χ3n) is 3.93. The van der Waals surface area contributed by atoms with E-state index in [1.54, 1.807) is 6.07 Å². The van der Waals surface area contributed by atoms with E-state index in [0.717, 1.165) is 37.1 Å². The van der Waals surface area contributed by atoms with Crippen molar-refractivity contribution in [2.24, 2.45) is 5.73 Å². The number of benzene rings is 1. The van der Waals surface area contributed by atoms with Gasteiger partial charge >= 0.3 is 6.18 Å². The lowest BCUT2D eigenvalue weighted by molar-refractivity contribution is -0.137. The molecule has 0 radical (unpaired) electrons. The molecule has 2 heterocycles. The van der Waals surface area contributed by atoms with E-state index < -0.39 is 11.7 Å². The summed E-state index contributed by atoms with van der Waals surface area (Å²) in [5.41, 5.74) is 7.13. The second kappa shape index (κ2) is 3.88. The topological polar surface area (TPSA) is 29.3 Å². The van der Waals surface area contributed by atoms with Gasteiger partial charge in [0, 0.05) is 24.3 Å². The highest BCUT2D eigenvalue weighted by Gasteiger charge is 2.37. The summed E-state index contributed by atoms with van der Waals surface area (Å²) >= 11 is 0.